The molecular weight excluding hydrogens is 1220 g/mol. The molecule has 0 rings (SSSR count). The van der Waals surface area contributed by atoms with Gasteiger partial charge in [-0.05, 0) is 69.1 Å². The number of carbonyl (C=O) groups excluding carboxylic acids is 4. The second-order valence-corrected chi connectivity index (χ2v) is 30.3. The molecular formula is C74H140O17P2. The van der Waals surface area contributed by atoms with E-state index < -0.39 is 97.5 Å². The SMILES string of the molecule is CCCCCC/C=C\C=C/CCCCCCCC(=O)O[C@H](COC(=O)CCCCCCCCCC(C)C)COP(=O)(O)OCC(O)COP(=O)(O)OC[C@@H](COC(=O)CCCCCCCCCC(C)C)OC(=O)CCCCCCCCCCCCCCCCCC(C)C. The summed E-state index contributed by atoms with van der Waals surface area (Å²) in [6, 6.07) is 0. The van der Waals surface area contributed by atoms with E-state index in [0.717, 1.165) is 121 Å². The summed E-state index contributed by atoms with van der Waals surface area (Å²) in [5, 5.41) is 10.6. The molecule has 0 aliphatic rings. The molecule has 0 saturated heterocycles. The summed E-state index contributed by atoms with van der Waals surface area (Å²) in [5.74, 6) is 0.0526. The number of rotatable bonds is 70. The zero-order chi connectivity index (χ0) is 68.7. The van der Waals surface area contributed by atoms with Gasteiger partial charge in [0.05, 0.1) is 26.4 Å². The summed E-state index contributed by atoms with van der Waals surface area (Å²) in [4.78, 5) is 72.6. The van der Waals surface area contributed by atoms with E-state index in [2.05, 4.69) is 72.8 Å². The molecule has 0 aromatic rings. The molecule has 93 heavy (non-hydrogen) atoms. The summed E-state index contributed by atoms with van der Waals surface area (Å²) < 4.78 is 68.3. The molecule has 0 aliphatic carbocycles. The zero-order valence-electron chi connectivity index (χ0n) is 60.2. The van der Waals surface area contributed by atoms with Crippen molar-refractivity contribution in [3.05, 3.63) is 24.3 Å². The van der Waals surface area contributed by atoms with Crippen molar-refractivity contribution in [1.82, 2.24) is 0 Å². The highest BCUT2D eigenvalue weighted by Crippen LogP contribution is 2.45. The van der Waals surface area contributed by atoms with E-state index >= 15 is 0 Å². The molecule has 0 radical (unpaired) electrons. The lowest BCUT2D eigenvalue weighted by Gasteiger charge is -2.21. The van der Waals surface area contributed by atoms with Crippen LogP contribution in [0, 0.1) is 17.8 Å². The average Bonchev–Trinajstić information content (AvgIpc) is 1.59. The number of carbonyl (C=O) groups is 4. The van der Waals surface area contributed by atoms with Crippen LogP contribution in [0.2, 0.25) is 0 Å². The molecule has 0 saturated carbocycles. The maximum Gasteiger partial charge on any atom is 0.472 e. The molecule has 0 fully saturated rings. The van der Waals surface area contributed by atoms with E-state index in [1.807, 2.05) is 0 Å². The summed E-state index contributed by atoms with van der Waals surface area (Å²) >= 11 is 0. The molecule has 0 aromatic carbocycles. The number of hydrogen-bond acceptors (Lipinski definition) is 15. The third kappa shape index (κ3) is 67.9. The predicted octanol–water partition coefficient (Wildman–Crippen LogP) is 21.0. The highest BCUT2D eigenvalue weighted by molar-refractivity contribution is 7.47. The summed E-state index contributed by atoms with van der Waals surface area (Å²) in [5.41, 5.74) is 0. The summed E-state index contributed by atoms with van der Waals surface area (Å²) in [6.07, 6.45) is 52.4. The number of phosphoric acid groups is 2. The van der Waals surface area contributed by atoms with Crippen LogP contribution in [-0.4, -0.2) is 96.7 Å². The van der Waals surface area contributed by atoms with Gasteiger partial charge in [-0.15, -0.1) is 0 Å². The summed E-state index contributed by atoms with van der Waals surface area (Å²) in [6.45, 7) is 11.7. The quantitative estimate of drug-likeness (QED) is 0.0169. The molecule has 0 heterocycles. The van der Waals surface area contributed by atoms with Crippen LogP contribution in [0.3, 0.4) is 0 Å². The van der Waals surface area contributed by atoms with E-state index in [1.54, 1.807) is 0 Å². The van der Waals surface area contributed by atoms with Gasteiger partial charge in [0.25, 0.3) is 0 Å². The number of ether oxygens (including phenoxy) is 4. The van der Waals surface area contributed by atoms with Gasteiger partial charge in [-0.2, -0.15) is 0 Å². The van der Waals surface area contributed by atoms with E-state index in [1.165, 1.54) is 135 Å². The van der Waals surface area contributed by atoms with Gasteiger partial charge < -0.3 is 33.8 Å². The normalized spacial score (nSPS) is 14.3. The molecule has 548 valence electrons. The first-order valence-electron chi connectivity index (χ1n) is 37.7. The number of aliphatic hydroxyl groups excluding tert-OH is 1. The van der Waals surface area contributed by atoms with E-state index in [0.29, 0.717) is 37.5 Å². The highest BCUT2D eigenvalue weighted by Gasteiger charge is 2.30. The zero-order valence-corrected chi connectivity index (χ0v) is 62.0. The molecule has 0 amide bonds. The van der Waals surface area contributed by atoms with Gasteiger partial charge in [-0.3, -0.25) is 37.3 Å². The monoisotopic (exact) mass is 1360 g/mol. The van der Waals surface area contributed by atoms with Crippen LogP contribution in [-0.2, 0) is 65.4 Å². The molecule has 3 N–H and O–H groups in total. The molecule has 0 aromatic heterocycles. The Hall–Kier alpha value is -2.46. The second kappa shape index (κ2) is 64.2. The van der Waals surface area contributed by atoms with Crippen LogP contribution in [0.1, 0.15) is 350 Å². The molecule has 0 spiro atoms. The first-order valence-corrected chi connectivity index (χ1v) is 40.7. The fourth-order valence-electron chi connectivity index (χ4n) is 10.7. The van der Waals surface area contributed by atoms with Crippen molar-refractivity contribution in [2.75, 3.05) is 39.6 Å². The fourth-order valence-corrected chi connectivity index (χ4v) is 12.3. The van der Waals surface area contributed by atoms with Crippen molar-refractivity contribution in [3.8, 4) is 0 Å². The van der Waals surface area contributed by atoms with Crippen LogP contribution < -0.4 is 0 Å². The van der Waals surface area contributed by atoms with E-state index in [-0.39, 0.29) is 25.7 Å². The van der Waals surface area contributed by atoms with Crippen molar-refractivity contribution in [3.63, 3.8) is 0 Å². The number of phosphoric ester groups is 2. The van der Waals surface area contributed by atoms with Gasteiger partial charge in [0.1, 0.15) is 19.3 Å². The number of aliphatic hydroxyl groups is 1. The molecule has 17 nitrogen and oxygen atoms in total. The fraction of sp³-hybridized carbons (Fsp3) is 0.892. The number of unbranched alkanes of at least 4 members (excludes halogenated alkanes) is 35. The van der Waals surface area contributed by atoms with Crippen molar-refractivity contribution in [2.45, 2.75) is 369 Å². The van der Waals surface area contributed by atoms with Gasteiger partial charge in [0.15, 0.2) is 12.2 Å². The van der Waals surface area contributed by atoms with Crippen LogP contribution in [0.4, 0.5) is 0 Å². The maximum atomic E-state index is 13.0. The van der Waals surface area contributed by atoms with Crippen LogP contribution in [0.25, 0.3) is 0 Å². The maximum absolute atomic E-state index is 13.0. The topological polar surface area (TPSA) is 237 Å². The van der Waals surface area contributed by atoms with Gasteiger partial charge >= 0.3 is 39.5 Å². The minimum absolute atomic E-state index is 0.0838. The molecule has 0 bridgehead atoms. The second-order valence-electron chi connectivity index (χ2n) is 27.4. The first-order chi connectivity index (χ1) is 44.7. The highest BCUT2D eigenvalue weighted by atomic mass is 31.2. The minimum atomic E-state index is -4.96. The Morgan fingerprint density at radius 1 is 0.333 bits per heavy atom. The molecule has 3 unspecified atom stereocenters. The van der Waals surface area contributed by atoms with Crippen LogP contribution in [0.15, 0.2) is 24.3 Å². The van der Waals surface area contributed by atoms with Crippen molar-refractivity contribution in [2.24, 2.45) is 17.8 Å². The molecule has 0 aliphatic heterocycles. The lowest BCUT2D eigenvalue weighted by atomic mass is 10.0. The van der Waals surface area contributed by atoms with Crippen molar-refractivity contribution < 1.29 is 80.2 Å². The Labute approximate surface area is 567 Å². The van der Waals surface area contributed by atoms with Crippen LogP contribution >= 0.6 is 15.6 Å². The minimum Gasteiger partial charge on any atom is -0.462 e. The molecule has 5 atom stereocenters. The Bertz CT molecular complexity index is 1910. The summed E-state index contributed by atoms with van der Waals surface area (Å²) in [7, 11) is -9.92. The van der Waals surface area contributed by atoms with Gasteiger partial charge in [0.2, 0.25) is 0 Å². The van der Waals surface area contributed by atoms with Gasteiger partial charge in [-0.1, -0.05) is 297 Å². The number of allylic oxidation sites excluding steroid dienone is 4. The lowest BCUT2D eigenvalue weighted by molar-refractivity contribution is -0.161. The lowest BCUT2D eigenvalue weighted by Crippen LogP contribution is -2.30. The molecule has 19 heteroatoms. The smallest absolute Gasteiger partial charge is 0.462 e. The van der Waals surface area contributed by atoms with Gasteiger partial charge in [-0.25, -0.2) is 9.13 Å². The van der Waals surface area contributed by atoms with Crippen LogP contribution in [0.5, 0.6) is 0 Å². The Morgan fingerprint density at radius 3 is 0.871 bits per heavy atom. The Morgan fingerprint density at radius 2 is 0.581 bits per heavy atom. The Balaban J connectivity index is 5.25. The largest absolute Gasteiger partial charge is 0.472 e. The predicted molar refractivity (Wildman–Crippen MR) is 377 cm³/mol. The van der Waals surface area contributed by atoms with Crippen molar-refractivity contribution >= 4 is 39.5 Å². The third-order valence-corrected chi connectivity index (χ3v) is 18.4. The standard InChI is InChI=1S/C74H140O17P2/c1-8-9-10-11-12-13-14-15-17-21-24-27-34-43-50-57-73(78)90-69(61-84-71(76)55-48-41-36-29-32-39-46-53-66(4)5)63-88-92(80,81)86-59-68(75)60-87-93(82,83)89-64-70(62-85-72(77)56-49-42-37-30-33-40-47-54-67(6)7)91-74(79)58-51-44-35-28-25-22-19-16-18-20-23-26-31-38-45-52-65(2)3/h13-15,17,65-70,75H,8-12,16,18-64H2,1-7H3,(H,80,81)(H,82,83)/b14-13-,17-15-/t68?,69-,70-/m1/s1. The number of hydrogen-bond donors (Lipinski definition) is 3. The first kappa shape index (κ1) is 90.5. The van der Waals surface area contributed by atoms with Gasteiger partial charge in [0, 0.05) is 25.7 Å². The average molecular weight is 1360 g/mol. The van der Waals surface area contributed by atoms with Crippen molar-refractivity contribution in [1.29, 1.82) is 0 Å². The van der Waals surface area contributed by atoms with E-state index in [4.69, 9.17) is 37.0 Å². The Kier molecular flexibility index (Phi) is 62.5. The van der Waals surface area contributed by atoms with E-state index in [9.17, 15) is 43.2 Å². The number of esters is 4. The third-order valence-electron chi connectivity index (χ3n) is 16.5.